The van der Waals surface area contributed by atoms with Gasteiger partial charge in [0.25, 0.3) is 0 Å². The third-order valence-corrected chi connectivity index (χ3v) is 13.7. The number of rotatable bonds is 8. The molecule has 4 heterocycles. The summed E-state index contributed by atoms with van der Waals surface area (Å²) in [7, 11) is -6.50. The Morgan fingerprint density at radius 3 is 1.38 bits per heavy atom. The lowest BCUT2D eigenvalue weighted by molar-refractivity contribution is 0.510. The number of nitrogens with zero attached hydrogens (tertiary/aromatic N) is 6. The van der Waals surface area contributed by atoms with E-state index in [2.05, 4.69) is 38.2 Å². The molecule has 2 aliphatic rings. The Balaban J connectivity index is 0.000000181. The Kier molecular flexibility index (Phi) is 11.9. The average Bonchev–Trinajstić information content (AvgIpc) is 3.98. The van der Waals surface area contributed by atoms with E-state index in [1.807, 2.05) is 50.5 Å². The predicted molar refractivity (Wildman–Crippen MR) is 240 cm³/mol. The lowest BCUT2D eigenvalue weighted by Crippen LogP contribution is -2.32. The van der Waals surface area contributed by atoms with E-state index in [0.29, 0.717) is 56.8 Å². The number of benzene rings is 2. The average molecular weight is 888 g/mol. The van der Waals surface area contributed by atoms with Crippen LogP contribution in [0.15, 0.2) is 61.4 Å². The number of nitrogen functional groups attached to an aromatic ring is 2. The van der Waals surface area contributed by atoms with Gasteiger partial charge in [0.2, 0.25) is 20.0 Å². The molecule has 14 nitrogen and oxygen atoms in total. The smallest absolute Gasteiger partial charge is 0.208 e. The molecule has 18 heteroatoms. The minimum atomic E-state index is -3.25. The van der Waals surface area contributed by atoms with Gasteiger partial charge in [-0.2, -0.15) is 0 Å². The van der Waals surface area contributed by atoms with Crippen LogP contribution in [0.25, 0.3) is 53.7 Å². The van der Waals surface area contributed by atoms with Crippen LogP contribution in [-0.4, -0.2) is 60.5 Å². The summed E-state index contributed by atoms with van der Waals surface area (Å²) in [6.07, 6.45) is 17.4. The van der Waals surface area contributed by atoms with Gasteiger partial charge in [-0.05, 0) is 98.5 Å². The zero-order chi connectivity index (χ0) is 43.3. The number of anilines is 2. The van der Waals surface area contributed by atoms with Gasteiger partial charge in [-0.15, -0.1) is 0 Å². The van der Waals surface area contributed by atoms with Gasteiger partial charge in [0.1, 0.15) is 0 Å². The first-order valence-corrected chi connectivity index (χ1v) is 23.7. The monoisotopic (exact) mass is 886 g/mol. The second-order valence-electron chi connectivity index (χ2n) is 15.7. The molecule has 0 aliphatic heterocycles. The fourth-order valence-corrected chi connectivity index (χ4v) is 10.6. The molecule has 8 rings (SSSR count). The molecule has 2 aromatic carbocycles. The maximum Gasteiger partial charge on any atom is 0.208 e. The molecule has 6 aromatic rings. The van der Waals surface area contributed by atoms with E-state index in [4.69, 9.17) is 47.8 Å². The maximum absolute atomic E-state index is 11.6. The largest absolute Gasteiger partial charge is 0.396 e. The van der Waals surface area contributed by atoms with Gasteiger partial charge in [-0.25, -0.2) is 36.0 Å². The van der Waals surface area contributed by atoms with Crippen molar-refractivity contribution < 1.29 is 16.8 Å². The number of hydrogen-bond acceptors (Lipinski definition) is 8. The van der Waals surface area contributed by atoms with Crippen LogP contribution in [0.5, 0.6) is 0 Å². The lowest BCUT2D eigenvalue weighted by atomic mass is 10.0. The summed E-state index contributed by atoms with van der Waals surface area (Å²) in [5.41, 5.74) is 20.8. The molecule has 0 saturated heterocycles. The SMILES string of the molecule is [C-]#[N+]c1cc2c(-c3cncc(N)c3Cl)cn([C@H]3CC[C@@H](NS(C)(=O)=O)C3)c2cc1C.[C-]#[N+]c1cc2c(-c3cncc(N)c3Cl)cn([C@H]3CC[C@H](NS(C)(=O)=O)C3)c2cc1C. The van der Waals surface area contributed by atoms with Crippen LogP contribution in [0.4, 0.5) is 22.7 Å². The summed E-state index contributed by atoms with van der Waals surface area (Å²) in [6.45, 7) is 18.8. The summed E-state index contributed by atoms with van der Waals surface area (Å²) < 4.78 is 56.3. The summed E-state index contributed by atoms with van der Waals surface area (Å²) in [5, 5.41) is 2.66. The van der Waals surface area contributed by atoms with Crippen molar-refractivity contribution in [2.75, 3.05) is 24.0 Å². The number of aromatic nitrogens is 4. The van der Waals surface area contributed by atoms with Gasteiger partial charge in [0.05, 0.1) is 59.5 Å². The van der Waals surface area contributed by atoms with E-state index >= 15 is 0 Å². The van der Waals surface area contributed by atoms with Crippen LogP contribution in [0.2, 0.25) is 10.0 Å². The Morgan fingerprint density at radius 2 is 1.03 bits per heavy atom. The first-order valence-electron chi connectivity index (χ1n) is 19.1. The number of nitrogens with one attached hydrogen (secondary N) is 2. The van der Waals surface area contributed by atoms with Crippen LogP contribution >= 0.6 is 23.2 Å². The van der Waals surface area contributed by atoms with Crippen molar-refractivity contribution in [2.24, 2.45) is 0 Å². The number of pyridine rings is 2. The van der Waals surface area contributed by atoms with Gasteiger partial charge in [0, 0.05) is 82.2 Å². The molecule has 2 saturated carbocycles. The fraction of sp³-hybridized carbons (Fsp3) is 0.333. The molecule has 6 N–H and O–H groups in total. The molecule has 312 valence electrons. The molecule has 0 bridgehead atoms. The number of hydrogen-bond donors (Lipinski definition) is 4. The molecule has 0 spiro atoms. The number of halogens is 2. The van der Waals surface area contributed by atoms with Crippen molar-refractivity contribution in [1.82, 2.24) is 28.5 Å². The van der Waals surface area contributed by atoms with Crippen molar-refractivity contribution in [3.8, 4) is 22.3 Å². The summed E-state index contributed by atoms with van der Waals surface area (Å²) in [6, 6.07) is 7.86. The number of aryl methyl sites for hydroxylation is 2. The van der Waals surface area contributed by atoms with Crippen LogP contribution in [0, 0.1) is 27.0 Å². The highest BCUT2D eigenvalue weighted by Crippen LogP contribution is 2.44. The zero-order valence-corrected chi connectivity index (χ0v) is 36.5. The highest BCUT2D eigenvalue weighted by atomic mass is 35.5. The Hall–Kier alpha value is -5.20. The Morgan fingerprint density at radius 1 is 0.650 bits per heavy atom. The van der Waals surface area contributed by atoms with E-state index in [1.165, 1.54) is 24.9 Å². The van der Waals surface area contributed by atoms with Crippen molar-refractivity contribution >= 4 is 87.8 Å². The predicted octanol–water partition coefficient (Wildman–Crippen LogP) is 8.88. The molecule has 0 amide bonds. The van der Waals surface area contributed by atoms with Crippen LogP contribution < -0.4 is 20.9 Å². The molecule has 4 aromatic heterocycles. The lowest BCUT2D eigenvalue weighted by Gasteiger charge is -2.15. The minimum absolute atomic E-state index is 0.0906. The highest BCUT2D eigenvalue weighted by Gasteiger charge is 2.31. The molecule has 2 fully saturated rings. The first kappa shape index (κ1) is 42.9. The van der Waals surface area contributed by atoms with Gasteiger partial charge >= 0.3 is 0 Å². The summed E-state index contributed by atoms with van der Waals surface area (Å²) in [4.78, 5) is 15.7. The van der Waals surface area contributed by atoms with Crippen LogP contribution in [-0.2, 0) is 20.0 Å². The maximum atomic E-state index is 11.6. The summed E-state index contributed by atoms with van der Waals surface area (Å²) >= 11 is 13.0. The normalized spacial score (nSPS) is 19.3. The molecule has 0 radical (unpaired) electrons. The number of nitrogens with two attached hydrogens (primary N) is 2. The van der Waals surface area contributed by atoms with Gasteiger partial charge in [0.15, 0.2) is 11.4 Å². The third-order valence-electron chi connectivity index (χ3n) is 11.3. The summed E-state index contributed by atoms with van der Waals surface area (Å²) in [5.74, 6) is 0. The van der Waals surface area contributed by atoms with Crippen molar-refractivity contribution in [2.45, 2.75) is 76.5 Å². The topological polar surface area (TPSA) is 189 Å². The second kappa shape index (κ2) is 16.7. The van der Waals surface area contributed by atoms with E-state index in [0.717, 1.165) is 69.7 Å². The van der Waals surface area contributed by atoms with Gasteiger partial charge < -0.3 is 20.6 Å². The standard InChI is InChI=1S/2C21H22ClN5O2S/c2*1-12-6-20-15(8-19(12)24-2)17(16-9-25-10-18(23)21(16)22)11-27(20)14-5-4-13(7-14)26-30(3,28)29/h2*6,8-11,13-14,26H,4-5,7,23H2,1,3H3/t13-,14+;13-,14-/m10/s1. The van der Waals surface area contributed by atoms with E-state index < -0.39 is 20.0 Å². The third kappa shape index (κ3) is 8.81. The first-order chi connectivity index (χ1) is 28.3. The molecule has 4 atom stereocenters. The van der Waals surface area contributed by atoms with Gasteiger partial charge in [-0.1, -0.05) is 23.2 Å². The van der Waals surface area contributed by atoms with Crippen molar-refractivity contribution in [3.63, 3.8) is 0 Å². The second-order valence-corrected chi connectivity index (χ2v) is 20.0. The zero-order valence-electron chi connectivity index (χ0n) is 33.4. The molecular formula is C42H44Cl2N10O4S2. The molecule has 0 unspecified atom stereocenters. The number of sulfonamides is 2. The van der Waals surface area contributed by atoms with Crippen molar-refractivity contribution in [1.29, 1.82) is 0 Å². The highest BCUT2D eigenvalue weighted by molar-refractivity contribution is 7.89. The molecule has 2 aliphatic carbocycles. The van der Waals surface area contributed by atoms with E-state index in [1.54, 1.807) is 12.4 Å². The molecule has 60 heavy (non-hydrogen) atoms. The number of fused-ring (bicyclic) bond motifs is 2. The fourth-order valence-electron chi connectivity index (χ4n) is 8.59. The van der Waals surface area contributed by atoms with E-state index in [9.17, 15) is 16.8 Å². The van der Waals surface area contributed by atoms with Gasteiger partial charge in [-0.3, -0.25) is 9.97 Å². The van der Waals surface area contributed by atoms with Crippen LogP contribution in [0.1, 0.15) is 61.7 Å². The minimum Gasteiger partial charge on any atom is -0.396 e. The molecular weight excluding hydrogens is 844 g/mol. The quantitative estimate of drug-likeness (QED) is 0.109. The van der Waals surface area contributed by atoms with Crippen molar-refractivity contribution in [3.05, 3.63) is 105 Å². The Labute approximate surface area is 359 Å². The van der Waals surface area contributed by atoms with Crippen LogP contribution in [0.3, 0.4) is 0 Å². The Bertz CT molecular complexity index is 2790. The van der Waals surface area contributed by atoms with E-state index in [-0.39, 0.29) is 24.2 Å².